The van der Waals surface area contributed by atoms with Crippen LogP contribution in [0.5, 0.6) is 0 Å². The van der Waals surface area contributed by atoms with E-state index in [0.29, 0.717) is 64.0 Å². The SMILES string of the molecule is CC(C)(C)OC(=O)CCOCCOCCOCCOCCCC(=O)CNc1cccc2c1C(=O)N(C1CCC(=O)NC1=O)C2=O.CC(C)(C)OC(=O)CNc1cccc2c1C(=O)N(C1CCC(=O)NC1=O)C2=O.O=C(O)CNc1cccc2c1C(=O)N(C1CCC(=O)NC1=O)C2=O. The summed E-state index contributed by atoms with van der Waals surface area (Å²) in [5, 5.41) is 23.5. The zero-order valence-corrected chi connectivity index (χ0v) is 54.3. The van der Waals surface area contributed by atoms with Gasteiger partial charge in [-0.1, -0.05) is 18.2 Å². The molecule has 0 aromatic heterocycles. The molecule has 6 aliphatic rings. The van der Waals surface area contributed by atoms with Gasteiger partial charge in [0.25, 0.3) is 35.4 Å². The van der Waals surface area contributed by atoms with Crippen molar-refractivity contribution in [2.45, 2.75) is 129 Å². The molecule has 0 aliphatic carbocycles. The zero-order valence-electron chi connectivity index (χ0n) is 54.3. The number of nitrogens with one attached hydrogen (secondary N) is 6. The molecule has 32 heteroatoms. The molecule has 3 aromatic rings. The van der Waals surface area contributed by atoms with E-state index in [1.165, 1.54) is 30.3 Å². The quantitative estimate of drug-likeness (QED) is 0.0311. The molecule has 0 bridgehead atoms. The van der Waals surface area contributed by atoms with Gasteiger partial charge in [-0.05, 0) is 104 Å². The maximum atomic E-state index is 13.1. The van der Waals surface area contributed by atoms with Crippen LogP contribution in [0.15, 0.2) is 54.6 Å². The number of piperidine rings is 3. The number of Topliss-reactive ketones (excluding diaryl/α,β-unsaturated/α-hetero) is 1. The Morgan fingerprint density at radius 2 is 0.763 bits per heavy atom. The van der Waals surface area contributed by atoms with E-state index in [2.05, 4.69) is 31.9 Å². The van der Waals surface area contributed by atoms with Crippen LogP contribution < -0.4 is 31.9 Å². The summed E-state index contributed by atoms with van der Waals surface area (Å²) in [6.07, 6.45) is 1.29. The number of ketones is 1. The number of carbonyl (C=O) groups is 16. The van der Waals surface area contributed by atoms with Gasteiger partial charge in [0.2, 0.25) is 35.4 Å². The molecule has 3 saturated heterocycles. The van der Waals surface area contributed by atoms with Gasteiger partial charge in [-0.3, -0.25) is 107 Å². The van der Waals surface area contributed by atoms with E-state index >= 15 is 0 Å². The summed E-state index contributed by atoms with van der Waals surface area (Å²) in [6, 6.07) is 10.6. The number of aliphatic carboxylic acids is 1. The Hall–Kier alpha value is -10.2. The maximum Gasteiger partial charge on any atom is 0.325 e. The highest BCUT2D eigenvalue weighted by molar-refractivity contribution is 6.28. The Labute approximate surface area is 555 Å². The number of anilines is 3. The lowest BCUT2D eigenvalue weighted by Crippen LogP contribution is -2.54. The van der Waals surface area contributed by atoms with Crippen LogP contribution in [-0.4, -0.2) is 216 Å². The molecule has 3 fully saturated rings. The number of rotatable bonds is 28. The molecule has 520 valence electrons. The number of nitrogens with zero attached hydrogens (tertiary/aromatic N) is 3. The van der Waals surface area contributed by atoms with Crippen LogP contribution in [0.4, 0.5) is 17.1 Å². The summed E-state index contributed by atoms with van der Waals surface area (Å²) in [5.74, 6) is -9.19. The van der Waals surface area contributed by atoms with Crippen molar-refractivity contribution in [3.8, 4) is 0 Å². The first-order chi connectivity index (χ1) is 46.0. The number of benzene rings is 3. The number of hydrogen-bond donors (Lipinski definition) is 7. The van der Waals surface area contributed by atoms with Gasteiger partial charge in [0.15, 0.2) is 5.78 Å². The Bertz CT molecular complexity index is 3630. The zero-order chi connectivity index (χ0) is 70.9. The number of fused-ring (bicyclic) bond motifs is 3. The molecule has 12 amide bonds. The average molecular weight is 1350 g/mol. The molecular formula is C65H77N9O23. The van der Waals surface area contributed by atoms with Crippen LogP contribution in [0.3, 0.4) is 0 Å². The summed E-state index contributed by atoms with van der Waals surface area (Å²) in [7, 11) is 0. The third-order valence-electron chi connectivity index (χ3n) is 14.9. The van der Waals surface area contributed by atoms with Crippen LogP contribution in [0, 0.1) is 0 Å². The highest BCUT2D eigenvalue weighted by Crippen LogP contribution is 2.35. The van der Waals surface area contributed by atoms with E-state index in [4.69, 9.17) is 33.5 Å². The average Bonchev–Trinajstić information content (AvgIpc) is 1.62. The minimum atomic E-state index is -1.12. The van der Waals surface area contributed by atoms with Crippen molar-refractivity contribution < 1.29 is 110 Å². The molecule has 6 heterocycles. The van der Waals surface area contributed by atoms with Crippen molar-refractivity contribution in [2.75, 3.05) is 88.4 Å². The predicted molar refractivity (Wildman–Crippen MR) is 336 cm³/mol. The van der Waals surface area contributed by atoms with Crippen molar-refractivity contribution in [3.05, 3.63) is 88.0 Å². The second-order valence-electron chi connectivity index (χ2n) is 24.5. The number of hydrogen-bond acceptors (Lipinski definition) is 25. The summed E-state index contributed by atoms with van der Waals surface area (Å²) >= 11 is 0. The van der Waals surface area contributed by atoms with Crippen LogP contribution in [0.2, 0.25) is 0 Å². The summed E-state index contributed by atoms with van der Waals surface area (Å²) in [6.45, 7) is 13.0. The molecule has 97 heavy (non-hydrogen) atoms. The van der Waals surface area contributed by atoms with E-state index in [1.807, 2.05) is 20.8 Å². The van der Waals surface area contributed by atoms with Gasteiger partial charge in [-0.2, -0.15) is 0 Å². The maximum absolute atomic E-state index is 13.1. The van der Waals surface area contributed by atoms with Crippen LogP contribution in [0.1, 0.15) is 161 Å². The van der Waals surface area contributed by atoms with Crippen LogP contribution in [-0.2, 0) is 76.4 Å². The number of carbonyl (C=O) groups excluding carboxylic acids is 15. The number of amides is 12. The van der Waals surface area contributed by atoms with E-state index in [1.54, 1.807) is 45.0 Å². The lowest BCUT2D eigenvalue weighted by Gasteiger charge is -2.27. The van der Waals surface area contributed by atoms with Crippen molar-refractivity contribution in [2.24, 2.45) is 0 Å². The first kappa shape index (κ1) is 74.2. The second-order valence-corrected chi connectivity index (χ2v) is 24.5. The minimum Gasteiger partial charge on any atom is -0.480 e. The minimum absolute atomic E-state index is 0.0349. The first-order valence-electron chi connectivity index (χ1n) is 31.2. The number of carboxylic acid groups (broad SMARTS) is 1. The van der Waals surface area contributed by atoms with E-state index in [-0.39, 0.29) is 122 Å². The predicted octanol–water partition coefficient (Wildman–Crippen LogP) is 2.07. The molecule has 6 aliphatic heterocycles. The fraction of sp³-hybridized carbons (Fsp3) is 0.477. The summed E-state index contributed by atoms with van der Waals surface area (Å²) in [5.41, 5.74) is 0.319. The monoisotopic (exact) mass is 1350 g/mol. The van der Waals surface area contributed by atoms with Gasteiger partial charge in [-0.25, -0.2) is 0 Å². The van der Waals surface area contributed by atoms with Gasteiger partial charge in [-0.15, -0.1) is 0 Å². The van der Waals surface area contributed by atoms with Gasteiger partial charge >= 0.3 is 17.9 Å². The molecule has 3 atom stereocenters. The lowest BCUT2D eigenvalue weighted by atomic mass is 10.0. The molecule has 9 rings (SSSR count). The molecule has 3 unspecified atom stereocenters. The second kappa shape index (κ2) is 33.5. The highest BCUT2D eigenvalue weighted by atomic mass is 16.6. The third kappa shape index (κ3) is 20.0. The highest BCUT2D eigenvalue weighted by Gasteiger charge is 2.49. The molecule has 0 saturated carbocycles. The third-order valence-corrected chi connectivity index (χ3v) is 14.9. The number of esters is 2. The van der Waals surface area contributed by atoms with Crippen LogP contribution in [0.25, 0.3) is 0 Å². The van der Waals surface area contributed by atoms with Gasteiger partial charge < -0.3 is 49.5 Å². The number of carboxylic acids is 1. The first-order valence-corrected chi connectivity index (χ1v) is 31.2. The summed E-state index contributed by atoms with van der Waals surface area (Å²) < 4.78 is 32.1. The standard InChI is InChI=1S/C31H43N3O11.C19H21N3O6.C15H13N3O6/c1-31(2,3)45-26(37)11-13-42-15-17-44-19-18-43-16-14-41-12-5-6-21(35)20-32-23-8-4-7-22-27(23)30(40)34(29(22)39)24-9-10-25(36)33-28(24)38;1-19(2,3)28-14(24)9-20-11-6-4-5-10-15(11)18(27)22(17(10)26)12-7-8-13(23)21-16(12)25;19-10-5-4-9(13(22)17-10)18-14(23)7-2-1-3-8(12(7)15(18)24)16-6-11(20)21/h4,7-8,24,32H,5-6,9-20H2,1-3H3,(H,33,36,38);4-6,12,20H,7-9H2,1-3H3,(H,21,23,25);1-3,9,16H,4-6H2,(H,20,21)(H,17,19,22). The van der Waals surface area contributed by atoms with Crippen molar-refractivity contribution in [1.29, 1.82) is 0 Å². The summed E-state index contributed by atoms with van der Waals surface area (Å²) in [4.78, 5) is 197. The smallest absolute Gasteiger partial charge is 0.325 e. The Balaban J connectivity index is 0.000000218. The van der Waals surface area contributed by atoms with Gasteiger partial charge in [0, 0.05) is 49.4 Å². The van der Waals surface area contributed by atoms with E-state index in [9.17, 15) is 76.7 Å². The molecule has 7 N–H and O–H groups in total. The Morgan fingerprint density at radius 3 is 1.11 bits per heavy atom. The fourth-order valence-electron chi connectivity index (χ4n) is 10.7. The normalized spacial score (nSPS) is 18.2. The molecule has 0 spiro atoms. The van der Waals surface area contributed by atoms with Crippen molar-refractivity contribution in [3.63, 3.8) is 0 Å². The fourth-order valence-corrected chi connectivity index (χ4v) is 10.7. The molecule has 0 radical (unpaired) electrons. The van der Waals surface area contributed by atoms with E-state index < -0.39 is 119 Å². The molecular weight excluding hydrogens is 1270 g/mol. The van der Waals surface area contributed by atoms with Crippen molar-refractivity contribution >= 4 is 112 Å². The molecule has 32 nitrogen and oxygen atoms in total. The number of imide groups is 6. The molecule has 3 aromatic carbocycles. The van der Waals surface area contributed by atoms with Gasteiger partial charge in [0.05, 0.1) is 92.6 Å². The Kier molecular flexibility index (Phi) is 25.6. The number of ether oxygens (including phenoxy) is 6. The van der Waals surface area contributed by atoms with Crippen molar-refractivity contribution in [1.82, 2.24) is 30.7 Å². The van der Waals surface area contributed by atoms with Gasteiger partial charge in [0.1, 0.15) is 42.4 Å². The van der Waals surface area contributed by atoms with E-state index in [0.717, 1.165) is 14.7 Å². The van der Waals surface area contributed by atoms with Crippen LogP contribution >= 0.6 is 0 Å². The topological polar surface area (TPSA) is 431 Å². The Morgan fingerprint density at radius 1 is 0.433 bits per heavy atom. The largest absolute Gasteiger partial charge is 0.480 e. The lowest BCUT2D eigenvalue weighted by molar-refractivity contribution is -0.156.